The topological polar surface area (TPSA) is 61.4 Å². The van der Waals surface area contributed by atoms with Gasteiger partial charge in [0.15, 0.2) is 0 Å². The third-order valence-electron chi connectivity index (χ3n) is 3.00. The molecule has 0 saturated heterocycles. The van der Waals surface area contributed by atoms with Crippen molar-refractivity contribution < 1.29 is 14.3 Å². The van der Waals surface area contributed by atoms with E-state index in [0.29, 0.717) is 5.69 Å². The molecule has 110 valence electrons. The van der Waals surface area contributed by atoms with Gasteiger partial charge in [0.25, 0.3) is 0 Å². The molecule has 2 rings (SSSR count). The van der Waals surface area contributed by atoms with Gasteiger partial charge in [-0.1, -0.05) is 35.9 Å². The van der Waals surface area contributed by atoms with Crippen molar-refractivity contribution in [3.05, 3.63) is 65.5 Å². The maximum Gasteiger partial charge on any atom is 0.319 e. The summed E-state index contributed by atoms with van der Waals surface area (Å²) in [5, 5.41) is 15.0. The van der Waals surface area contributed by atoms with Crippen molar-refractivity contribution in [3.63, 3.8) is 0 Å². The highest BCUT2D eigenvalue weighted by atomic mass is 19.1. The van der Waals surface area contributed by atoms with Crippen LogP contribution in [-0.4, -0.2) is 17.7 Å². The van der Waals surface area contributed by atoms with Crippen LogP contribution in [0.4, 0.5) is 14.9 Å². The molecule has 2 amide bonds. The summed E-state index contributed by atoms with van der Waals surface area (Å²) in [7, 11) is 0. The number of nitrogens with one attached hydrogen (secondary N) is 2. The van der Waals surface area contributed by atoms with Gasteiger partial charge < -0.3 is 15.7 Å². The van der Waals surface area contributed by atoms with E-state index in [1.807, 2.05) is 31.2 Å². The van der Waals surface area contributed by atoms with E-state index >= 15 is 0 Å². The zero-order chi connectivity index (χ0) is 15.2. The molecule has 21 heavy (non-hydrogen) atoms. The zero-order valence-corrected chi connectivity index (χ0v) is 11.6. The van der Waals surface area contributed by atoms with Crippen molar-refractivity contribution in [3.8, 4) is 0 Å². The van der Waals surface area contributed by atoms with Crippen molar-refractivity contribution in [2.75, 3.05) is 11.9 Å². The van der Waals surface area contributed by atoms with E-state index in [9.17, 15) is 14.3 Å². The molecule has 4 nitrogen and oxygen atoms in total. The predicted octanol–water partition coefficient (Wildman–Crippen LogP) is 2.99. The third kappa shape index (κ3) is 4.57. The highest BCUT2D eigenvalue weighted by Gasteiger charge is 2.09. The number of aryl methyl sites for hydroxylation is 1. The molecule has 0 radical (unpaired) electrons. The number of urea groups is 1. The normalized spacial score (nSPS) is 11.8. The monoisotopic (exact) mass is 288 g/mol. The molecular formula is C16H17FN2O2. The van der Waals surface area contributed by atoms with Gasteiger partial charge in [0, 0.05) is 12.2 Å². The van der Waals surface area contributed by atoms with Crippen LogP contribution in [-0.2, 0) is 0 Å². The number of anilines is 1. The first kappa shape index (κ1) is 15.0. The lowest BCUT2D eigenvalue weighted by atomic mass is 10.1. The number of aliphatic hydroxyl groups excluding tert-OH is 1. The first-order valence-corrected chi connectivity index (χ1v) is 6.59. The Balaban J connectivity index is 1.84. The molecule has 0 aromatic heterocycles. The molecule has 0 aliphatic heterocycles. The lowest BCUT2D eigenvalue weighted by Gasteiger charge is -2.13. The Bertz CT molecular complexity index is 614. The van der Waals surface area contributed by atoms with Gasteiger partial charge in [-0.05, 0) is 30.7 Å². The van der Waals surface area contributed by atoms with Crippen LogP contribution >= 0.6 is 0 Å². The van der Waals surface area contributed by atoms with E-state index in [4.69, 9.17) is 0 Å². The number of halogens is 1. The summed E-state index contributed by atoms with van der Waals surface area (Å²) in [4.78, 5) is 11.7. The third-order valence-corrected chi connectivity index (χ3v) is 3.00. The summed E-state index contributed by atoms with van der Waals surface area (Å²) >= 11 is 0. The minimum absolute atomic E-state index is 0.0736. The molecule has 2 aromatic rings. The van der Waals surface area contributed by atoms with Crippen molar-refractivity contribution in [2.45, 2.75) is 13.0 Å². The summed E-state index contributed by atoms with van der Waals surface area (Å²) in [5.41, 5.74) is 2.19. The van der Waals surface area contributed by atoms with Gasteiger partial charge in [-0.2, -0.15) is 0 Å². The minimum atomic E-state index is -0.788. The fourth-order valence-corrected chi connectivity index (χ4v) is 1.84. The first-order valence-electron chi connectivity index (χ1n) is 6.59. The average Bonchev–Trinajstić information content (AvgIpc) is 2.45. The highest BCUT2D eigenvalue weighted by molar-refractivity contribution is 5.89. The lowest BCUT2D eigenvalue weighted by Crippen LogP contribution is -2.32. The summed E-state index contributed by atoms with van der Waals surface area (Å²) in [5.74, 6) is -0.424. The quantitative estimate of drug-likeness (QED) is 0.810. The molecule has 0 saturated carbocycles. The van der Waals surface area contributed by atoms with Crippen LogP contribution in [0, 0.1) is 12.7 Å². The number of aliphatic hydroxyl groups is 1. The molecule has 5 heteroatoms. The second kappa shape index (κ2) is 6.85. The Hall–Kier alpha value is -2.40. The van der Waals surface area contributed by atoms with Crippen LogP contribution in [0.1, 0.15) is 17.2 Å². The molecule has 0 fully saturated rings. The number of hydrogen-bond donors (Lipinski definition) is 3. The van der Waals surface area contributed by atoms with E-state index < -0.39 is 18.0 Å². The van der Waals surface area contributed by atoms with E-state index in [1.54, 1.807) is 6.07 Å². The Morgan fingerprint density at radius 1 is 1.24 bits per heavy atom. The summed E-state index contributed by atoms with van der Waals surface area (Å²) in [6, 6.07) is 12.5. The van der Waals surface area contributed by atoms with Crippen molar-refractivity contribution in [2.24, 2.45) is 0 Å². The second-order valence-electron chi connectivity index (χ2n) is 4.77. The van der Waals surface area contributed by atoms with Crippen LogP contribution in [0.25, 0.3) is 0 Å². The SMILES string of the molecule is Cc1ccc(C(O)CNC(=O)Nc2cccc(F)c2)cc1. The van der Waals surface area contributed by atoms with Crippen molar-refractivity contribution in [1.29, 1.82) is 0 Å². The maximum atomic E-state index is 13.0. The van der Waals surface area contributed by atoms with Gasteiger partial charge in [0.2, 0.25) is 0 Å². The molecule has 0 aliphatic carbocycles. The van der Waals surface area contributed by atoms with Crippen molar-refractivity contribution in [1.82, 2.24) is 5.32 Å². The highest BCUT2D eigenvalue weighted by Crippen LogP contribution is 2.13. The Morgan fingerprint density at radius 2 is 1.95 bits per heavy atom. The molecule has 0 heterocycles. The van der Waals surface area contributed by atoms with E-state index in [0.717, 1.165) is 11.1 Å². The van der Waals surface area contributed by atoms with Gasteiger partial charge in [-0.3, -0.25) is 0 Å². The number of rotatable bonds is 4. The molecular weight excluding hydrogens is 271 g/mol. The standard InChI is InChI=1S/C16H17FN2O2/c1-11-5-7-12(8-6-11)15(20)10-18-16(21)19-14-4-2-3-13(17)9-14/h2-9,15,20H,10H2,1H3,(H2,18,19,21). The number of hydrogen-bond acceptors (Lipinski definition) is 2. The Morgan fingerprint density at radius 3 is 2.62 bits per heavy atom. The van der Waals surface area contributed by atoms with E-state index in [2.05, 4.69) is 10.6 Å². The molecule has 2 aromatic carbocycles. The first-order chi connectivity index (χ1) is 10.0. The van der Waals surface area contributed by atoms with Crippen LogP contribution < -0.4 is 10.6 Å². The van der Waals surface area contributed by atoms with Crippen molar-refractivity contribution >= 4 is 11.7 Å². The van der Waals surface area contributed by atoms with E-state index in [-0.39, 0.29) is 6.54 Å². The summed E-state index contributed by atoms with van der Waals surface area (Å²) < 4.78 is 13.0. The van der Waals surface area contributed by atoms with Crippen LogP contribution in [0.3, 0.4) is 0 Å². The summed E-state index contributed by atoms with van der Waals surface area (Å²) in [6.45, 7) is 2.03. The van der Waals surface area contributed by atoms with Gasteiger partial charge in [0.1, 0.15) is 5.82 Å². The van der Waals surface area contributed by atoms with Gasteiger partial charge in [0.05, 0.1) is 6.10 Å². The maximum absolute atomic E-state index is 13.0. The van der Waals surface area contributed by atoms with Gasteiger partial charge >= 0.3 is 6.03 Å². The average molecular weight is 288 g/mol. The number of amides is 2. The largest absolute Gasteiger partial charge is 0.387 e. The molecule has 1 atom stereocenters. The minimum Gasteiger partial charge on any atom is -0.387 e. The number of benzene rings is 2. The molecule has 0 aliphatic rings. The Labute approximate surface area is 122 Å². The van der Waals surface area contributed by atoms with Gasteiger partial charge in [-0.15, -0.1) is 0 Å². The predicted molar refractivity (Wildman–Crippen MR) is 79.6 cm³/mol. The lowest BCUT2D eigenvalue weighted by molar-refractivity contribution is 0.175. The van der Waals surface area contributed by atoms with E-state index in [1.165, 1.54) is 18.2 Å². The Kier molecular flexibility index (Phi) is 4.90. The van der Waals surface area contributed by atoms with Gasteiger partial charge in [-0.25, -0.2) is 9.18 Å². The molecule has 0 bridgehead atoms. The fourth-order valence-electron chi connectivity index (χ4n) is 1.84. The van der Waals surface area contributed by atoms with Crippen LogP contribution in [0.15, 0.2) is 48.5 Å². The molecule has 0 spiro atoms. The van der Waals surface area contributed by atoms with Crippen LogP contribution in [0.5, 0.6) is 0 Å². The smallest absolute Gasteiger partial charge is 0.319 e. The number of carbonyl (C=O) groups is 1. The second-order valence-corrected chi connectivity index (χ2v) is 4.77. The zero-order valence-electron chi connectivity index (χ0n) is 11.6. The molecule has 3 N–H and O–H groups in total. The molecule has 1 unspecified atom stereocenters. The fraction of sp³-hybridized carbons (Fsp3) is 0.188. The summed E-state index contributed by atoms with van der Waals surface area (Å²) in [6.07, 6.45) is -0.788. The van der Waals surface area contributed by atoms with Crippen LogP contribution in [0.2, 0.25) is 0 Å². The number of carbonyl (C=O) groups excluding carboxylic acids is 1.